The third-order valence-electron chi connectivity index (χ3n) is 3.69. The van der Waals surface area contributed by atoms with Gasteiger partial charge in [-0.1, -0.05) is 18.2 Å². The van der Waals surface area contributed by atoms with Crippen molar-refractivity contribution in [2.45, 2.75) is 18.0 Å². The molecule has 0 aliphatic rings. The average molecular weight is 365 g/mol. The topological polar surface area (TPSA) is 87.5 Å². The summed E-state index contributed by atoms with van der Waals surface area (Å²) in [5.74, 6) is 0. The van der Waals surface area contributed by atoms with Gasteiger partial charge in [0.2, 0.25) is 10.0 Å². The van der Waals surface area contributed by atoms with E-state index in [1.54, 1.807) is 36.1 Å². The van der Waals surface area contributed by atoms with E-state index >= 15 is 0 Å². The molecule has 0 aliphatic heterocycles. The highest BCUT2D eigenvalue weighted by molar-refractivity contribution is 7.89. The molecule has 0 fully saturated rings. The van der Waals surface area contributed by atoms with Crippen LogP contribution in [0.4, 0.5) is 4.79 Å². The van der Waals surface area contributed by atoms with Gasteiger partial charge in [-0.25, -0.2) is 17.5 Å². The standard InChI is InChI=1S/C16H23N5O3S/c1-19(2)25(23,24)15-8-6-5-7-14(15)10-17-16(22)20(3)11-13-9-18-21(4)12-13/h5-9,12H,10-11H2,1-4H3,(H,17,22). The molecule has 2 amide bonds. The zero-order valence-electron chi connectivity index (χ0n) is 14.8. The summed E-state index contributed by atoms with van der Waals surface area (Å²) >= 11 is 0. The van der Waals surface area contributed by atoms with Crippen molar-refractivity contribution in [3.8, 4) is 0 Å². The van der Waals surface area contributed by atoms with Crippen molar-refractivity contribution in [3.05, 3.63) is 47.8 Å². The van der Waals surface area contributed by atoms with Gasteiger partial charge in [0.15, 0.2) is 0 Å². The number of urea groups is 1. The van der Waals surface area contributed by atoms with E-state index in [0.29, 0.717) is 12.1 Å². The smallest absolute Gasteiger partial charge is 0.317 e. The van der Waals surface area contributed by atoms with Crippen LogP contribution in [0.5, 0.6) is 0 Å². The van der Waals surface area contributed by atoms with Crippen LogP contribution >= 0.6 is 0 Å². The molecule has 0 saturated carbocycles. The van der Waals surface area contributed by atoms with Crippen molar-refractivity contribution in [1.29, 1.82) is 0 Å². The average Bonchev–Trinajstić information content (AvgIpc) is 2.97. The number of nitrogens with zero attached hydrogens (tertiary/aromatic N) is 4. The van der Waals surface area contributed by atoms with Crippen LogP contribution in [-0.4, -0.2) is 54.6 Å². The number of amides is 2. The first-order valence-electron chi connectivity index (χ1n) is 7.68. The Bertz CT molecular complexity index is 845. The second kappa shape index (κ2) is 7.66. The van der Waals surface area contributed by atoms with E-state index in [1.807, 2.05) is 13.2 Å². The lowest BCUT2D eigenvalue weighted by atomic mass is 10.2. The van der Waals surface area contributed by atoms with Crippen LogP contribution in [0.15, 0.2) is 41.6 Å². The number of carbonyl (C=O) groups is 1. The molecule has 1 heterocycles. The minimum Gasteiger partial charge on any atom is -0.334 e. The second-order valence-corrected chi connectivity index (χ2v) is 8.05. The van der Waals surface area contributed by atoms with Gasteiger partial charge in [0.05, 0.1) is 17.6 Å². The predicted octanol–water partition coefficient (Wildman–Crippen LogP) is 1.01. The van der Waals surface area contributed by atoms with Crippen LogP contribution in [0.25, 0.3) is 0 Å². The summed E-state index contributed by atoms with van der Waals surface area (Å²) < 4.78 is 27.6. The van der Waals surface area contributed by atoms with Gasteiger partial charge < -0.3 is 10.2 Å². The van der Waals surface area contributed by atoms with E-state index in [0.717, 1.165) is 9.87 Å². The zero-order chi connectivity index (χ0) is 18.6. The highest BCUT2D eigenvalue weighted by Gasteiger charge is 2.21. The third kappa shape index (κ3) is 4.58. The summed E-state index contributed by atoms with van der Waals surface area (Å²) in [6.45, 7) is 0.538. The van der Waals surface area contributed by atoms with Gasteiger partial charge in [-0.2, -0.15) is 5.10 Å². The normalized spacial score (nSPS) is 11.6. The maximum Gasteiger partial charge on any atom is 0.317 e. The van der Waals surface area contributed by atoms with Crippen molar-refractivity contribution >= 4 is 16.1 Å². The Morgan fingerprint density at radius 1 is 1.24 bits per heavy atom. The lowest BCUT2D eigenvalue weighted by Gasteiger charge is -2.19. The van der Waals surface area contributed by atoms with Crippen LogP contribution in [0.1, 0.15) is 11.1 Å². The molecule has 25 heavy (non-hydrogen) atoms. The molecule has 2 aromatic rings. The number of benzene rings is 1. The lowest BCUT2D eigenvalue weighted by molar-refractivity contribution is 0.206. The van der Waals surface area contributed by atoms with E-state index < -0.39 is 10.0 Å². The maximum atomic E-state index is 12.4. The fraction of sp³-hybridized carbons (Fsp3) is 0.375. The lowest BCUT2D eigenvalue weighted by Crippen LogP contribution is -2.36. The van der Waals surface area contributed by atoms with Gasteiger partial charge in [-0.15, -0.1) is 0 Å². The fourth-order valence-electron chi connectivity index (χ4n) is 2.30. The molecule has 136 valence electrons. The first-order chi connectivity index (χ1) is 11.7. The molecule has 0 spiro atoms. The second-order valence-electron chi connectivity index (χ2n) is 5.93. The van der Waals surface area contributed by atoms with Crippen molar-refractivity contribution < 1.29 is 13.2 Å². The van der Waals surface area contributed by atoms with Gasteiger partial charge in [0.25, 0.3) is 0 Å². The largest absolute Gasteiger partial charge is 0.334 e. The van der Waals surface area contributed by atoms with Crippen LogP contribution in [-0.2, 0) is 30.2 Å². The molecule has 0 atom stereocenters. The molecule has 8 nitrogen and oxygen atoms in total. The predicted molar refractivity (Wildman–Crippen MR) is 94.2 cm³/mol. The number of hydrogen-bond donors (Lipinski definition) is 1. The Hall–Kier alpha value is -2.39. The molecule has 1 aromatic heterocycles. The Balaban J connectivity index is 2.05. The van der Waals surface area contributed by atoms with Crippen LogP contribution in [0.3, 0.4) is 0 Å². The molecular weight excluding hydrogens is 342 g/mol. The number of sulfonamides is 1. The van der Waals surface area contributed by atoms with Crippen molar-refractivity contribution in [2.24, 2.45) is 7.05 Å². The number of aromatic nitrogens is 2. The van der Waals surface area contributed by atoms with E-state index in [1.165, 1.54) is 25.1 Å². The summed E-state index contributed by atoms with van der Waals surface area (Å²) in [6.07, 6.45) is 3.53. The van der Waals surface area contributed by atoms with Crippen LogP contribution in [0, 0.1) is 0 Å². The van der Waals surface area contributed by atoms with Gasteiger partial charge >= 0.3 is 6.03 Å². The van der Waals surface area contributed by atoms with Gasteiger partial charge in [0.1, 0.15) is 0 Å². The Labute approximate surface area is 148 Å². The number of rotatable bonds is 6. The molecule has 0 unspecified atom stereocenters. The summed E-state index contributed by atoms with van der Waals surface area (Å²) in [5, 5.41) is 6.82. The Morgan fingerprint density at radius 2 is 1.92 bits per heavy atom. The molecule has 0 radical (unpaired) electrons. The summed E-state index contributed by atoms with van der Waals surface area (Å²) in [5.41, 5.74) is 1.45. The SMILES string of the molecule is CN(Cc1cnn(C)c1)C(=O)NCc1ccccc1S(=O)(=O)N(C)C. The minimum atomic E-state index is -3.56. The molecule has 0 aliphatic carbocycles. The zero-order valence-corrected chi connectivity index (χ0v) is 15.6. The van der Waals surface area contributed by atoms with Crippen LogP contribution in [0.2, 0.25) is 0 Å². The summed E-state index contributed by atoms with van der Waals surface area (Å²) in [4.78, 5) is 14.0. The number of carbonyl (C=O) groups excluding carboxylic acids is 1. The summed E-state index contributed by atoms with van der Waals surface area (Å²) in [6, 6.07) is 6.35. The van der Waals surface area contributed by atoms with E-state index in [-0.39, 0.29) is 17.5 Å². The highest BCUT2D eigenvalue weighted by atomic mass is 32.2. The molecule has 1 N–H and O–H groups in total. The van der Waals surface area contributed by atoms with Crippen molar-refractivity contribution in [2.75, 3.05) is 21.1 Å². The third-order valence-corrected chi connectivity index (χ3v) is 5.60. The first kappa shape index (κ1) is 18.9. The number of nitrogens with one attached hydrogen (secondary N) is 1. The Morgan fingerprint density at radius 3 is 2.52 bits per heavy atom. The van der Waals surface area contributed by atoms with Gasteiger partial charge in [0, 0.05) is 46.5 Å². The molecule has 9 heteroatoms. The molecular formula is C16H23N5O3S. The van der Waals surface area contributed by atoms with Crippen molar-refractivity contribution in [1.82, 2.24) is 24.3 Å². The Kier molecular flexibility index (Phi) is 5.81. The first-order valence-corrected chi connectivity index (χ1v) is 9.12. The number of aryl methyl sites for hydroxylation is 1. The molecule has 0 saturated heterocycles. The van der Waals surface area contributed by atoms with Gasteiger partial charge in [-0.05, 0) is 11.6 Å². The van der Waals surface area contributed by atoms with Gasteiger partial charge in [-0.3, -0.25) is 4.68 Å². The van der Waals surface area contributed by atoms with E-state index in [9.17, 15) is 13.2 Å². The molecule has 1 aromatic carbocycles. The summed E-state index contributed by atoms with van der Waals surface area (Å²) in [7, 11) is 2.88. The van der Waals surface area contributed by atoms with Crippen LogP contribution < -0.4 is 5.32 Å². The highest BCUT2D eigenvalue weighted by Crippen LogP contribution is 2.18. The minimum absolute atomic E-state index is 0.124. The van der Waals surface area contributed by atoms with E-state index in [4.69, 9.17) is 0 Å². The van der Waals surface area contributed by atoms with Crippen molar-refractivity contribution in [3.63, 3.8) is 0 Å². The fourth-order valence-corrected chi connectivity index (χ4v) is 3.42. The monoisotopic (exact) mass is 365 g/mol. The maximum absolute atomic E-state index is 12.4. The quantitative estimate of drug-likeness (QED) is 0.828. The molecule has 2 rings (SSSR count). The number of hydrogen-bond acceptors (Lipinski definition) is 4. The van der Waals surface area contributed by atoms with E-state index in [2.05, 4.69) is 10.4 Å². The molecule has 0 bridgehead atoms.